The van der Waals surface area contributed by atoms with Crippen molar-refractivity contribution in [3.63, 3.8) is 0 Å². The van der Waals surface area contributed by atoms with Crippen LogP contribution in [-0.2, 0) is 6.42 Å². The molecule has 0 aliphatic carbocycles. The third kappa shape index (κ3) is 4.37. The summed E-state index contributed by atoms with van der Waals surface area (Å²) in [6, 6.07) is 7.47. The number of hydrogen-bond acceptors (Lipinski definition) is 3. The minimum Gasteiger partial charge on any atom is -0.390 e. The fourth-order valence-electron chi connectivity index (χ4n) is 1.76. The molecule has 0 saturated carbocycles. The van der Waals surface area contributed by atoms with Gasteiger partial charge in [0.05, 0.1) is 12.6 Å². The molecule has 0 spiro atoms. The van der Waals surface area contributed by atoms with E-state index in [1.165, 1.54) is 5.56 Å². The summed E-state index contributed by atoms with van der Waals surface area (Å²) in [4.78, 5) is 2.55. The summed E-state index contributed by atoms with van der Waals surface area (Å²) in [6.45, 7) is 4.16. The van der Waals surface area contributed by atoms with Crippen LogP contribution in [0.2, 0.25) is 0 Å². The van der Waals surface area contributed by atoms with Gasteiger partial charge in [0.15, 0.2) is 0 Å². The fourth-order valence-corrected chi connectivity index (χ4v) is 1.76. The van der Waals surface area contributed by atoms with Gasteiger partial charge in [-0.15, -0.1) is 0 Å². The van der Waals surface area contributed by atoms with Gasteiger partial charge in [-0.25, -0.2) is 0 Å². The van der Waals surface area contributed by atoms with Gasteiger partial charge in [0.25, 0.3) is 0 Å². The number of aliphatic hydroxyl groups is 2. The summed E-state index contributed by atoms with van der Waals surface area (Å²) >= 11 is 0. The molecule has 0 aliphatic rings. The molecule has 0 saturated heterocycles. The van der Waals surface area contributed by atoms with E-state index in [-0.39, 0.29) is 6.54 Å². The monoisotopic (exact) mass is 249 g/mol. The van der Waals surface area contributed by atoms with Crippen LogP contribution >= 0.6 is 0 Å². The first-order valence-corrected chi connectivity index (χ1v) is 6.00. The molecule has 18 heavy (non-hydrogen) atoms. The van der Waals surface area contributed by atoms with Crippen molar-refractivity contribution in [1.82, 2.24) is 0 Å². The molecule has 2 atom stereocenters. The molecule has 0 heterocycles. The topological polar surface area (TPSA) is 89.2 Å². The van der Waals surface area contributed by atoms with Gasteiger partial charge in [-0.3, -0.25) is 0 Å². The third-order valence-corrected chi connectivity index (χ3v) is 2.66. The van der Waals surface area contributed by atoms with Gasteiger partial charge >= 0.3 is 0 Å². The molecule has 0 bridgehead atoms. The standard InChI is InChI=1S/C13H19N3O2/c1-9(2)7-10-3-5-11(6-4-10)13(18)12(17)8-15-16-14/h3-6,9,12-13,17-18H,7-8H2,1-2H3. The number of hydrogen-bond donors (Lipinski definition) is 2. The number of benzene rings is 1. The van der Waals surface area contributed by atoms with E-state index in [1.807, 2.05) is 12.1 Å². The van der Waals surface area contributed by atoms with Gasteiger partial charge in [0, 0.05) is 4.91 Å². The lowest BCUT2D eigenvalue weighted by atomic mass is 9.98. The van der Waals surface area contributed by atoms with Gasteiger partial charge in [0.1, 0.15) is 6.10 Å². The van der Waals surface area contributed by atoms with Crippen LogP contribution in [0.25, 0.3) is 10.4 Å². The number of rotatable bonds is 6. The first-order valence-electron chi connectivity index (χ1n) is 6.00. The molecule has 5 heteroatoms. The van der Waals surface area contributed by atoms with Crippen LogP contribution in [0.4, 0.5) is 0 Å². The van der Waals surface area contributed by atoms with Crippen molar-refractivity contribution >= 4 is 0 Å². The van der Waals surface area contributed by atoms with E-state index in [9.17, 15) is 10.2 Å². The highest BCUT2D eigenvalue weighted by atomic mass is 16.3. The maximum Gasteiger partial charge on any atom is 0.105 e. The van der Waals surface area contributed by atoms with Crippen LogP contribution in [0.3, 0.4) is 0 Å². The van der Waals surface area contributed by atoms with Crippen LogP contribution in [-0.4, -0.2) is 22.9 Å². The quantitative estimate of drug-likeness (QED) is 0.461. The Morgan fingerprint density at radius 2 is 1.83 bits per heavy atom. The highest BCUT2D eigenvalue weighted by Gasteiger charge is 2.17. The van der Waals surface area contributed by atoms with Crippen molar-refractivity contribution < 1.29 is 10.2 Å². The molecular weight excluding hydrogens is 230 g/mol. The Hall–Kier alpha value is -1.55. The first-order chi connectivity index (χ1) is 8.54. The molecule has 0 aliphatic heterocycles. The average Bonchev–Trinajstić information content (AvgIpc) is 2.35. The maximum absolute atomic E-state index is 9.86. The van der Waals surface area contributed by atoms with Crippen molar-refractivity contribution in [1.29, 1.82) is 0 Å². The van der Waals surface area contributed by atoms with Gasteiger partial charge in [-0.1, -0.05) is 43.2 Å². The second-order valence-corrected chi connectivity index (χ2v) is 4.77. The van der Waals surface area contributed by atoms with E-state index >= 15 is 0 Å². The number of nitrogens with zero attached hydrogens (tertiary/aromatic N) is 3. The van der Waals surface area contributed by atoms with Crippen LogP contribution in [0.5, 0.6) is 0 Å². The fraction of sp³-hybridized carbons (Fsp3) is 0.538. The van der Waals surface area contributed by atoms with E-state index in [2.05, 4.69) is 23.9 Å². The van der Waals surface area contributed by atoms with Crippen LogP contribution < -0.4 is 0 Å². The highest BCUT2D eigenvalue weighted by Crippen LogP contribution is 2.19. The highest BCUT2D eigenvalue weighted by molar-refractivity contribution is 5.25. The summed E-state index contributed by atoms with van der Waals surface area (Å²) in [6.07, 6.45) is -1.11. The molecule has 2 N–H and O–H groups in total. The molecule has 1 aromatic carbocycles. The zero-order valence-corrected chi connectivity index (χ0v) is 10.7. The second-order valence-electron chi connectivity index (χ2n) is 4.77. The Balaban J connectivity index is 2.68. The molecule has 2 unspecified atom stereocenters. The zero-order chi connectivity index (χ0) is 13.5. The number of aliphatic hydroxyl groups excluding tert-OH is 2. The molecule has 0 radical (unpaired) electrons. The maximum atomic E-state index is 9.86. The molecule has 0 amide bonds. The van der Waals surface area contributed by atoms with Crippen molar-refractivity contribution in [2.75, 3.05) is 6.54 Å². The predicted molar refractivity (Wildman–Crippen MR) is 70.0 cm³/mol. The smallest absolute Gasteiger partial charge is 0.105 e. The summed E-state index contributed by atoms with van der Waals surface area (Å²) in [5, 5.41) is 22.7. The third-order valence-electron chi connectivity index (χ3n) is 2.66. The Labute approximate surface area is 107 Å². The van der Waals surface area contributed by atoms with Crippen molar-refractivity contribution in [2.45, 2.75) is 32.5 Å². The van der Waals surface area contributed by atoms with Crippen LogP contribution in [0.1, 0.15) is 31.1 Å². The molecule has 98 valence electrons. The molecule has 0 fully saturated rings. The van der Waals surface area contributed by atoms with Crippen molar-refractivity contribution in [2.24, 2.45) is 11.0 Å². The molecule has 1 aromatic rings. The van der Waals surface area contributed by atoms with Gasteiger partial charge in [-0.2, -0.15) is 0 Å². The lowest BCUT2D eigenvalue weighted by Gasteiger charge is -2.16. The van der Waals surface area contributed by atoms with Crippen molar-refractivity contribution in [3.8, 4) is 0 Å². The van der Waals surface area contributed by atoms with Crippen LogP contribution in [0, 0.1) is 5.92 Å². The second kappa shape index (κ2) is 7.01. The Morgan fingerprint density at radius 1 is 1.22 bits per heavy atom. The summed E-state index contributed by atoms with van der Waals surface area (Å²) in [5.41, 5.74) is 9.98. The zero-order valence-electron chi connectivity index (χ0n) is 10.7. The van der Waals surface area contributed by atoms with Gasteiger partial charge < -0.3 is 10.2 Å². The van der Waals surface area contributed by atoms with E-state index in [0.717, 1.165) is 6.42 Å². The summed E-state index contributed by atoms with van der Waals surface area (Å²) in [5.74, 6) is 0.580. The van der Waals surface area contributed by atoms with E-state index in [4.69, 9.17) is 5.53 Å². The Bertz CT molecular complexity index is 411. The predicted octanol–water partition coefficient (Wildman–Crippen LogP) is 2.59. The number of azide groups is 1. The molecular formula is C13H19N3O2. The Morgan fingerprint density at radius 3 is 2.33 bits per heavy atom. The summed E-state index contributed by atoms with van der Waals surface area (Å²) in [7, 11) is 0. The van der Waals surface area contributed by atoms with E-state index < -0.39 is 12.2 Å². The SMILES string of the molecule is CC(C)Cc1ccc(C(O)C(O)CN=[N+]=[N-])cc1. The average molecular weight is 249 g/mol. The van der Waals surface area contributed by atoms with Crippen LogP contribution in [0.15, 0.2) is 29.4 Å². The normalized spacial score (nSPS) is 14.1. The molecule has 0 aromatic heterocycles. The summed E-state index contributed by atoms with van der Waals surface area (Å²) < 4.78 is 0. The Kier molecular flexibility index (Phi) is 5.65. The molecule has 5 nitrogen and oxygen atoms in total. The lowest BCUT2D eigenvalue weighted by molar-refractivity contribution is 0.0244. The van der Waals surface area contributed by atoms with E-state index in [1.54, 1.807) is 12.1 Å². The minimum absolute atomic E-state index is 0.134. The van der Waals surface area contributed by atoms with Crippen molar-refractivity contribution in [3.05, 3.63) is 45.8 Å². The van der Waals surface area contributed by atoms with Gasteiger partial charge in [0.2, 0.25) is 0 Å². The van der Waals surface area contributed by atoms with Gasteiger partial charge in [-0.05, 0) is 29.0 Å². The first kappa shape index (κ1) is 14.5. The minimum atomic E-state index is -1.07. The molecule has 1 rings (SSSR count). The lowest BCUT2D eigenvalue weighted by Crippen LogP contribution is -2.21. The van der Waals surface area contributed by atoms with E-state index in [0.29, 0.717) is 11.5 Å². The largest absolute Gasteiger partial charge is 0.390 e.